The van der Waals surface area contributed by atoms with Crippen molar-refractivity contribution in [2.45, 2.75) is 63.7 Å². The van der Waals surface area contributed by atoms with Crippen molar-refractivity contribution in [2.75, 3.05) is 6.61 Å². The molecule has 0 aromatic heterocycles. The number of rotatable bonds is 5. The zero-order chi connectivity index (χ0) is 14.0. The first-order valence-corrected chi connectivity index (χ1v) is 6.53. The molecule has 2 fully saturated rings. The summed E-state index contributed by atoms with van der Waals surface area (Å²) in [4.78, 5) is 11.1. The van der Waals surface area contributed by atoms with Crippen LogP contribution in [0.5, 0.6) is 0 Å². The van der Waals surface area contributed by atoms with E-state index in [9.17, 15) is 9.90 Å². The fourth-order valence-corrected chi connectivity index (χ4v) is 2.28. The molecular weight excluding hydrogens is 256 g/mol. The molecule has 2 saturated heterocycles. The fourth-order valence-electron chi connectivity index (χ4n) is 2.28. The highest BCUT2D eigenvalue weighted by Crippen LogP contribution is 2.33. The molecule has 7 heteroatoms. The summed E-state index contributed by atoms with van der Waals surface area (Å²) >= 11 is 0. The molecule has 2 aliphatic rings. The van der Waals surface area contributed by atoms with Crippen molar-refractivity contribution in [3.05, 3.63) is 0 Å². The van der Waals surface area contributed by atoms with Crippen molar-refractivity contribution >= 4 is 5.97 Å². The normalized spacial score (nSPS) is 42.1. The number of hydrogen-bond donors (Lipinski definition) is 2. The molecule has 0 aromatic carbocycles. The quantitative estimate of drug-likeness (QED) is 0.688. The molecule has 110 valence electrons. The van der Waals surface area contributed by atoms with E-state index >= 15 is 0 Å². The summed E-state index contributed by atoms with van der Waals surface area (Å²) in [5, 5.41) is 19.1. The zero-order valence-corrected chi connectivity index (χ0v) is 11.0. The monoisotopic (exact) mass is 276 g/mol. The summed E-state index contributed by atoms with van der Waals surface area (Å²) in [6, 6.07) is 0. The van der Waals surface area contributed by atoms with Crippen molar-refractivity contribution in [1.29, 1.82) is 0 Å². The van der Waals surface area contributed by atoms with E-state index in [1.165, 1.54) is 0 Å². The van der Waals surface area contributed by atoms with Gasteiger partial charge >= 0.3 is 5.97 Å². The summed E-state index contributed by atoms with van der Waals surface area (Å²) in [7, 11) is 0. The first-order valence-electron chi connectivity index (χ1n) is 6.53. The van der Waals surface area contributed by atoms with E-state index in [2.05, 4.69) is 0 Å². The number of unbranched alkanes of at least 4 members (excludes halogenated alkanes) is 1. The molecule has 0 aromatic rings. The minimum atomic E-state index is -1.36. The molecular formula is C12H20O7. The highest BCUT2D eigenvalue weighted by Gasteiger charge is 2.53. The Morgan fingerprint density at radius 3 is 2.68 bits per heavy atom. The first-order chi connectivity index (χ1) is 9.04. The molecule has 7 nitrogen and oxygen atoms in total. The van der Waals surface area contributed by atoms with Gasteiger partial charge in [-0.2, -0.15) is 0 Å². The number of aliphatic carboxylic acids is 1. The van der Waals surface area contributed by atoms with Crippen molar-refractivity contribution in [3.8, 4) is 0 Å². The van der Waals surface area contributed by atoms with Crippen molar-refractivity contribution in [3.63, 3.8) is 0 Å². The van der Waals surface area contributed by atoms with Crippen molar-refractivity contribution in [2.24, 2.45) is 0 Å². The van der Waals surface area contributed by atoms with Crippen LogP contribution in [0.3, 0.4) is 0 Å². The first kappa shape index (κ1) is 14.7. The Bertz CT molecular complexity index is 321. The van der Waals surface area contributed by atoms with Gasteiger partial charge in [0.15, 0.2) is 18.7 Å². The number of carboxylic acids is 1. The summed E-state index contributed by atoms with van der Waals surface area (Å²) in [6.45, 7) is 4.14. The molecule has 0 amide bonds. The molecule has 2 aliphatic heterocycles. The maximum Gasteiger partial charge on any atom is 0.335 e. The van der Waals surface area contributed by atoms with Crippen LogP contribution in [0, 0.1) is 0 Å². The standard InChI is InChI=1S/C12H20O7/c1-3-4-5-16-8-7(13)9(11(14)15)19-12-10(8)17-6(2)18-12/h6-10,12-13H,3-5H2,1-2H3,(H,14,15)/t6?,7-,8?,9?,10?,12-/m0/s1. The van der Waals surface area contributed by atoms with Gasteiger partial charge in [-0.15, -0.1) is 0 Å². The Hall–Kier alpha value is -0.730. The third kappa shape index (κ3) is 3.06. The minimum Gasteiger partial charge on any atom is -0.479 e. The van der Waals surface area contributed by atoms with Crippen LogP contribution in [0.1, 0.15) is 26.7 Å². The number of ether oxygens (including phenoxy) is 4. The summed E-state index contributed by atoms with van der Waals surface area (Å²) in [6.07, 6.45) is -3.53. The maximum absolute atomic E-state index is 11.1. The van der Waals surface area contributed by atoms with Gasteiger partial charge in [-0.1, -0.05) is 13.3 Å². The number of aliphatic hydroxyl groups excluding tert-OH is 1. The van der Waals surface area contributed by atoms with E-state index in [4.69, 9.17) is 24.1 Å². The number of hydrogen-bond acceptors (Lipinski definition) is 6. The number of fused-ring (bicyclic) bond motifs is 1. The Balaban J connectivity index is 2.08. The molecule has 0 radical (unpaired) electrons. The zero-order valence-electron chi connectivity index (χ0n) is 11.0. The molecule has 0 saturated carbocycles. The summed E-state index contributed by atoms with van der Waals surface area (Å²) in [5.74, 6) is -1.24. The van der Waals surface area contributed by atoms with Gasteiger partial charge in [0.1, 0.15) is 18.3 Å². The Labute approximate surface area is 111 Å². The van der Waals surface area contributed by atoms with Gasteiger partial charge in [-0.3, -0.25) is 0 Å². The Kier molecular flexibility index (Phi) is 4.75. The van der Waals surface area contributed by atoms with Crippen molar-refractivity contribution in [1.82, 2.24) is 0 Å². The third-order valence-electron chi connectivity index (χ3n) is 3.25. The highest BCUT2D eigenvalue weighted by atomic mass is 16.8. The topological polar surface area (TPSA) is 94.5 Å². The second-order valence-corrected chi connectivity index (χ2v) is 4.75. The van der Waals surface area contributed by atoms with Crippen LogP contribution >= 0.6 is 0 Å². The predicted octanol–water partition coefficient (Wildman–Crippen LogP) is 0.103. The smallest absolute Gasteiger partial charge is 0.335 e. The van der Waals surface area contributed by atoms with Crippen LogP contribution in [0.4, 0.5) is 0 Å². The van der Waals surface area contributed by atoms with Gasteiger partial charge in [-0.05, 0) is 13.3 Å². The van der Waals surface area contributed by atoms with Crippen LogP contribution in [0.15, 0.2) is 0 Å². The van der Waals surface area contributed by atoms with E-state index in [1.807, 2.05) is 6.92 Å². The lowest BCUT2D eigenvalue weighted by atomic mass is 9.98. The molecule has 0 bridgehead atoms. The lowest BCUT2D eigenvalue weighted by Crippen LogP contribution is -2.59. The number of carboxylic acid groups (broad SMARTS) is 1. The highest BCUT2D eigenvalue weighted by molar-refractivity contribution is 5.73. The van der Waals surface area contributed by atoms with Crippen LogP contribution in [0.2, 0.25) is 0 Å². The molecule has 2 N–H and O–H groups in total. The second kappa shape index (κ2) is 6.15. The molecule has 2 rings (SSSR count). The van der Waals surface area contributed by atoms with Gasteiger partial charge in [0, 0.05) is 6.61 Å². The Morgan fingerprint density at radius 1 is 1.32 bits per heavy atom. The lowest BCUT2D eigenvalue weighted by molar-refractivity contribution is -0.256. The van der Waals surface area contributed by atoms with Gasteiger partial charge in [0.25, 0.3) is 0 Å². The lowest BCUT2D eigenvalue weighted by Gasteiger charge is -2.38. The molecule has 0 spiro atoms. The average Bonchev–Trinajstić information content (AvgIpc) is 2.71. The van der Waals surface area contributed by atoms with E-state index < -0.39 is 43.0 Å². The van der Waals surface area contributed by atoms with Crippen LogP contribution in [-0.2, 0) is 23.7 Å². The van der Waals surface area contributed by atoms with Gasteiger partial charge < -0.3 is 29.2 Å². The van der Waals surface area contributed by atoms with E-state index in [0.29, 0.717) is 6.61 Å². The molecule has 19 heavy (non-hydrogen) atoms. The second-order valence-electron chi connectivity index (χ2n) is 4.75. The molecule has 4 unspecified atom stereocenters. The number of aliphatic hydroxyl groups is 1. The summed E-state index contributed by atoms with van der Waals surface area (Å²) in [5.41, 5.74) is 0. The average molecular weight is 276 g/mol. The number of carbonyl (C=O) groups is 1. The SMILES string of the molecule is CCCCOC1C2OC(C)O[C@H]2OC(C(=O)O)[C@H]1O. The minimum absolute atomic E-state index is 0.436. The largest absolute Gasteiger partial charge is 0.479 e. The summed E-state index contributed by atoms with van der Waals surface area (Å²) < 4.78 is 21.6. The van der Waals surface area contributed by atoms with E-state index in [-0.39, 0.29) is 0 Å². The van der Waals surface area contributed by atoms with E-state index in [0.717, 1.165) is 12.8 Å². The van der Waals surface area contributed by atoms with Crippen LogP contribution in [-0.4, -0.2) is 59.8 Å². The molecule has 2 heterocycles. The van der Waals surface area contributed by atoms with Crippen molar-refractivity contribution < 1.29 is 34.0 Å². The van der Waals surface area contributed by atoms with Gasteiger partial charge in [-0.25, -0.2) is 4.79 Å². The fraction of sp³-hybridized carbons (Fsp3) is 0.917. The molecule has 0 aliphatic carbocycles. The van der Waals surface area contributed by atoms with Gasteiger partial charge in [0.2, 0.25) is 0 Å². The van der Waals surface area contributed by atoms with E-state index in [1.54, 1.807) is 6.92 Å². The molecule has 6 atom stereocenters. The van der Waals surface area contributed by atoms with Crippen LogP contribution in [0.25, 0.3) is 0 Å². The maximum atomic E-state index is 11.1. The van der Waals surface area contributed by atoms with Gasteiger partial charge in [0.05, 0.1) is 0 Å². The predicted molar refractivity (Wildman–Crippen MR) is 62.4 cm³/mol. The Morgan fingerprint density at radius 2 is 2.05 bits per heavy atom. The van der Waals surface area contributed by atoms with Crippen LogP contribution < -0.4 is 0 Å². The third-order valence-corrected chi connectivity index (χ3v) is 3.25.